The third-order valence-corrected chi connectivity index (χ3v) is 9.41. The average Bonchev–Trinajstić information content (AvgIpc) is 3.64. The Balaban J connectivity index is 1.56. The van der Waals surface area contributed by atoms with Gasteiger partial charge in [0.05, 0.1) is 29.0 Å². The van der Waals surface area contributed by atoms with E-state index in [0.717, 1.165) is 11.2 Å². The third-order valence-electron chi connectivity index (χ3n) is 9.41. The summed E-state index contributed by atoms with van der Waals surface area (Å²) in [5.41, 5.74) is 14.8. The molecule has 1 saturated carbocycles. The van der Waals surface area contributed by atoms with Crippen molar-refractivity contribution in [3.8, 4) is 22.4 Å². The molecule has 0 amide bonds. The van der Waals surface area contributed by atoms with Gasteiger partial charge in [-0.2, -0.15) is 4.40 Å². The first-order valence-corrected chi connectivity index (χ1v) is 14.9. The Bertz CT molecular complexity index is 2130. The van der Waals surface area contributed by atoms with E-state index >= 15 is 0 Å². The van der Waals surface area contributed by atoms with E-state index in [0.29, 0.717) is 5.92 Å². The van der Waals surface area contributed by atoms with E-state index in [2.05, 4.69) is 127 Å². The van der Waals surface area contributed by atoms with Gasteiger partial charge in [0, 0.05) is 5.56 Å². The van der Waals surface area contributed by atoms with Gasteiger partial charge < -0.3 is 0 Å². The summed E-state index contributed by atoms with van der Waals surface area (Å²) in [5, 5.41) is 2.57. The third kappa shape index (κ3) is 3.58. The molecule has 0 radical (unpaired) electrons. The van der Waals surface area contributed by atoms with Gasteiger partial charge in [0.15, 0.2) is 11.0 Å². The van der Waals surface area contributed by atoms with Crippen LogP contribution in [0.1, 0.15) is 48.3 Å². The number of imidazole rings is 1. The van der Waals surface area contributed by atoms with E-state index in [1.165, 1.54) is 92.0 Å². The van der Waals surface area contributed by atoms with E-state index < -0.39 is 0 Å². The van der Waals surface area contributed by atoms with Gasteiger partial charge in [0.1, 0.15) is 5.52 Å². The number of para-hydroxylation sites is 2. The van der Waals surface area contributed by atoms with Crippen LogP contribution in [0.4, 0.5) is 0 Å². The first-order chi connectivity index (χ1) is 20.1. The van der Waals surface area contributed by atoms with E-state index in [9.17, 15) is 0 Å². The molecule has 0 unspecified atom stereocenters. The molecule has 3 heterocycles. The Kier molecular flexibility index (Phi) is 5.50. The fourth-order valence-corrected chi connectivity index (χ4v) is 7.55. The van der Waals surface area contributed by atoms with Crippen LogP contribution in [0.3, 0.4) is 0 Å². The summed E-state index contributed by atoms with van der Waals surface area (Å²) in [6.07, 6.45) is 5.13. The quantitative estimate of drug-likeness (QED) is 0.164. The molecule has 0 N–H and O–H groups in total. The molecule has 7 aromatic rings. The van der Waals surface area contributed by atoms with Crippen molar-refractivity contribution in [2.45, 2.75) is 45.4 Å². The van der Waals surface area contributed by atoms with E-state index in [1.54, 1.807) is 0 Å². The lowest BCUT2D eigenvalue weighted by Gasteiger charge is -2.17. The molecule has 3 aromatic heterocycles. The fraction of sp³-hybridized carbons (Fsp3) is 0.211. The molecule has 0 aliphatic heterocycles. The number of hydrogen-bond donors (Lipinski definition) is 0. The number of hydrogen-bond acceptors (Lipinski definition) is 1. The summed E-state index contributed by atoms with van der Waals surface area (Å²) >= 11 is 0. The fourth-order valence-electron chi connectivity index (χ4n) is 7.55. The minimum absolute atomic E-state index is 0.582. The topological polar surface area (TPSA) is 21.2 Å². The molecule has 200 valence electrons. The van der Waals surface area contributed by atoms with E-state index in [4.69, 9.17) is 4.98 Å². The van der Waals surface area contributed by atoms with Crippen molar-refractivity contribution in [1.29, 1.82) is 0 Å². The van der Waals surface area contributed by atoms with Crippen LogP contribution in [-0.4, -0.2) is 9.38 Å². The first kappa shape index (κ1) is 24.3. The van der Waals surface area contributed by atoms with Crippen LogP contribution in [0.5, 0.6) is 0 Å². The molecule has 0 bridgehead atoms. The number of aryl methyl sites for hydroxylation is 3. The van der Waals surface area contributed by atoms with E-state index in [-0.39, 0.29) is 0 Å². The highest BCUT2D eigenvalue weighted by atomic mass is 15.1. The maximum Gasteiger partial charge on any atom is 0.297 e. The molecular weight excluding hydrogens is 498 g/mol. The van der Waals surface area contributed by atoms with Gasteiger partial charge >= 0.3 is 0 Å². The van der Waals surface area contributed by atoms with Crippen molar-refractivity contribution in [2.75, 3.05) is 0 Å². The second-order valence-corrected chi connectivity index (χ2v) is 11.8. The van der Waals surface area contributed by atoms with Crippen LogP contribution in [0.25, 0.3) is 60.9 Å². The highest BCUT2D eigenvalue weighted by Crippen LogP contribution is 2.43. The number of nitrogens with zero attached hydrogens (tertiary/aromatic N) is 3. The zero-order chi connectivity index (χ0) is 27.7. The maximum absolute atomic E-state index is 5.65. The second-order valence-electron chi connectivity index (χ2n) is 11.8. The smallest absolute Gasteiger partial charge is 0.247 e. The standard InChI is InChI=1S/C38H34N3/c1-24-13-11-18-28(26-14-5-4-6-15-26)34(24)30-23-25(2)35-37(39-30)36-29(27-16-7-8-17-27)19-12-22-33(36)41-32-21-10-9-20-31(32)40(3)38(35)41/h4-6,9-15,18-23,27H,7-8,16-17H2,1-3H3/q+1. The Morgan fingerprint density at radius 1 is 0.732 bits per heavy atom. The summed E-state index contributed by atoms with van der Waals surface area (Å²) < 4.78 is 4.85. The number of benzene rings is 4. The highest BCUT2D eigenvalue weighted by Gasteiger charge is 2.29. The van der Waals surface area contributed by atoms with Crippen molar-refractivity contribution in [2.24, 2.45) is 7.05 Å². The molecule has 0 spiro atoms. The molecule has 0 atom stereocenters. The van der Waals surface area contributed by atoms with Crippen molar-refractivity contribution >= 4 is 38.5 Å². The second kappa shape index (κ2) is 9.27. The van der Waals surface area contributed by atoms with Gasteiger partial charge in [0.2, 0.25) is 0 Å². The van der Waals surface area contributed by atoms with Gasteiger partial charge in [0.25, 0.3) is 5.65 Å². The molecule has 41 heavy (non-hydrogen) atoms. The van der Waals surface area contributed by atoms with Crippen molar-refractivity contribution in [3.63, 3.8) is 0 Å². The Morgan fingerprint density at radius 3 is 2.29 bits per heavy atom. The number of fused-ring (bicyclic) bond motifs is 8. The first-order valence-electron chi connectivity index (χ1n) is 14.9. The Morgan fingerprint density at radius 2 is 1.46 bits per heavy atom. The summed E-state index contributed by atoms with van der Waals surface area (Å²) in [6, 6.07) is 35.4. The molecule has 4 aromatic carbocycles. The lowest BCUT2D eigenvalue weighted by Crippen LogP contribution is -2.27. The van der Waals surface area contributed by atoms with Crippen molar-refractivity contribution in [1.82, 2.24) is 9.38 Å². The molecule has 1 aliphatic rings. The van der Waals surface area contributed by atoms with Crippen LogP contribution >= 0.6 is 0 Å². The van der Waals surface area contributed by atoms with Crippen LogP contribution < -0.4 is 4.57 Å². The lowest BCUT2D eigenvalue weighted by molar-refractivity contribution is -0.617. The summed E-state index contributed by atoms with van der Waals surface area (Å²) in [7, 11) is 2.20. The molecule has 1 fully saturated rings. The van der Waals surface area contributed by atoms with Crippen molar-refractivity contribution in [3.05, 3.63) is 114 Å². The largest absolute Gasteiger partial charge is 0.297 e. The van der Waals surface area contributed by atoms with Crippen LogP contribution in [0, 0.1) is 13.8 Å². The molecule has 0 saturated heterocycles. The highest BCUT2D eigenvalue weighted by molar-refractivity contribution is 6.14. The maximum atomic E-state index is 5.65. The molecule has 1 aliphatic carbocycles. The van der Waals surface area contributed by atoms with Gasteiger partial charge in [-0.15, -0.1) is 0 Å². The summed E-state index contributed by atoms with van der Waals surface area (Å²) in [4.78, 5) is 5.65. The average molecular weight is 533 g/mol. The number of rotatable bonds is 3. The SMILES string of the molecule is Cc1cccc(-c2ccccc2)c1-c1cc(C)c2c(n1)c1c(C3CCCC3)cccc1n1c3ccccc3[n+](C)c21. The van der Waals surface area contributed by atoms with Crippen molar-refractivity contribution < 1.29 is 4.57 Å². The van der Waals surface area contributed by atoms with Gasteiger partial charge in [-0.1, -0.05) is 85.6 Å². The molecule has 3 nitrogen and oxygen atoms in total. The lowest BCUT2D eigenvalue weighted by atomic mass is 9.90. The number of pyridine rings is 2. The van der Waals surface area contributed by atoms with Crippen LogP contribution in [-0.2, 0) is 7.05 Å². The minimum Gasteiger partial charge on any atom is -0.247 e. The van der Waals surface area contributed by atoms with Crippen LogP contribution in [0.15, 0.2) is 97.1 Å². The zero-order valence-corrected chi connectivity index (χ0v) is 24.0. The number of aromatic nitrogens is 3. The Hall–Kier alpha value is -4.50. The molecule has 3 heteroatoms. The molecule has 8 rings (SSSR count). The normalized spacial score (nSPS) is 14.2. The Labute approximate surface area is 240 Å². The van der Waals surface area contributed by atoms with E-state index in [1.807, 2.05) is 0 Å². The monoisotopic (exact) mass is 532 g/mol. The van der Waals surface area contributed by atoms with Gasteiger partial charge in [-0.3, -0.25) is 0 Å². The summed E-state index contributed by atoms with van der Waals surface area (Å²) in [6.45, 7) is 4.49. The zero-order valence-electron chi connectivity index (χ0n) is 24.0. The predicted octanol–water partition coefficient (Wildman–Crippen LogP) is 9.23. The molecular formula is C38H34N3+. The minimum atomic E-state index is 0.582. The predicted molar refractivity (Wildman–Crippen MR) is 170 cm³/mol. The van der Waals surface area contributed by atoms with Gasteiger partial charge in [-0.25, -0.2) is 9.55 Å². The summed E-state index contributed by atoms with van der Waals surface area (Å²) in [5.74, 6) is 0.582. The van der Waals surface area contributed by atoms with Crippen LogP contribution in [0.2, 0.25) is 0 Å². The van der Waals surface area contributed by atoms with Gasteiger partial charge in [-0.05, 0) is 84.7 Å².